The molecule has 0 amide bonds. The van der Waals surface area contributed by atoms with Gasteiger partial charge in [0.2, 0.25) is 11.8 Å². The minimum absolute atomic E-state index is 0.0137. The molecule has 1 fully saturated rings. The molecule has 7 rings (SSSR count). The van der Waals surface area contributed by atoms with Crippen LogP contribution in [-0.2, 0) is 27.5 Å². The number of hydrogen-bond acceptors (Lipinski definition) is 12. The van der Waals surface area contributed by atoms with E-state index in [4.69, 9.17) is 19.4 Å². The van der Waals surface area contributed by atoms with Gasteiger partial charge in [-0.25, -0.2) is 22.8 Å². The van der Waals surface area contributed by atoms with Crippen LogP contribution in [0, 0.1) is 35.9 Å². The molecule has 248 valence electrons. The number of sulfone groups is 1. The van der Waals surface area contributed by atoms with Gasteiger partial charge in [0.1, 0.15) is 11.9 Å². The third kappa shape index (κ3) is 6.06. The second-order valence-corrected chi connectivity index (χ2v) is 15.7. The Morgan fingerprint density at radius 1 is 1.17 bits per heavy atom. The highest BCUT2D eigenvalue weighted by atomic mass is 32.2. The van der Waals surface area contributed by atoms with Gasteiger partial charge in [-0.15, -0.1) is 21.5 Å². The highest BCUT2D eigenvalue weighted by Gasteiger charge is 2.43. The summed E-state index contributed by atoms with van der Waals surface area (Å²) < 4.78 is 54.8. The Morgan fingerprint density at radius 3 is 2.69 bits per heavy atom. The number of anilines is 1. The standard InChI is InChI=1S/C34H34FN7O4S2/c1-18(2)23-17-48(43,44)32-29(28(34-42-41-19(3)46-34)25(40-30(23)32)5-4-20-7-10-45-11-8-20)27-13-22-6-9-37-33(31(22)47-27)39-16-21-12-24(35)26(14-36)38-15-21/h6,9,12-13,15,18,20,23H,4-5,7-8,10-11,16-17H2,1-3H3,(H,37,39)/t23-/m0/s1. The van der Waals surface area contributed by atoms with E-state index in [1.807, 2.05) is 26.0 Å². The first-order chi connectivity index (χ1) is 23.1. The quantitative estimate of drug-likeness (QED) is 0.178. The average molecular weight is 688 g/mol. The third-order valence-corrected chi connectivity index (χ3v) is 12.1. The molecule has 7 heterocycles. The van der Waals surface area contributed by atoms with Crippen LogP contribution in [0.25, 0.3) is 32.0 Å². The molecule has 14 heteroatoms. The molecule has 5 aromatic rings. The van der Waals surface area contributed by atoms with Crippen LogP contribution in [0.15, 0.2) is 39.9 Å². The van der Waals surface area contributed by atoms with E-state index in [1.54, 1.807) is 19.2 Å². The van der Waals surface area contributed by atoms with Gasteiger partial charge in [0, 0.05) is 55.4 Å². The number of aromatic nitrogens is 5. The van der Waals surface area contributed by atoms with E-state index in [9.17, 15) is 12.8 Å². The van der Waals surface area contributed by atoms with E-state index in [2.05, 4.69) is 25.5 Å². The Hall–Kier alpha value is -4.32. The fourth-order valence-corrected chi connectivity index (χ4v) is 10.1. The van der Waals surface area contributed by atoms with Crippen LogP contribution < -0.4 is 5.32 Å². The van der Waals surface area contributed by atoms with E-state index in [0.29, 0.717) is 46.4 Å². The lowest BCUT2D eigenvalue weighted by atomic mass is 9.89. The summed E-state index contributed by atoms with van der Waals surface area (Å²) in [4.78, 5) is 14.5. The first-order valence-corrected chi connectivity index (χ1v) is 18.4. The first kappa shape index (κ1) is 32.2. The third-order valence-electron chi connectivity index (χ3n) is 9.13. The Bertz CT molecular complexity index is 2170. The molecular weight excluding hydrogens is 654 g/mol. The summed E-state index contributed by atoms with van der Waals surface area (Å²) in [5, 5.41) is 21.7. The first-order valence-electron chi connectivity index (χ1n) is 16.0. The molecule has 0 radical (unpaired) electrons. The summed E-state index contributed by atoms with van der Waals surface area (Å²) in [6.45, 7) is 7.47. The number of halogens is 1. The van der Waals surface area contributed by atoms with Crippen LogP contribution in [-0.4, -0.2) is 52.5 Å². The largest absolute Gasteiger partial charge is 0.421 e. The molecule has 0 spiro atoms. The van der Waals surface area contributed by atoms with Gasteiger partial charge in [0.25, 0.3) is 0 Å². The second-order valence-electron chi connectivity index (χ2n) is 12.7. The number of nitriles is 1. The van der Waals surface area contributed by atoms with Gasteiger partial charge >= 0.3 is 0 Å². The van der Waals surface area contributed by atoms with Crippen molar-refractivity contribution in [3.63, 3.8) is 0 Å². The zero-order valence-corrected chi connectivity index (χ0v) is 28.4. The van der Waals surface area contributed by atoms with Crippen molar-refractivity contribution in [3.8, 4) is 28.0 Å². The Balaban J connectivity index is 1.39. The molecule has 1 atom stereocenters. The summed E-state index contributed by atoms with van der Waals surface area (Å²) in [6, 6.07) is 6.85. The normalized spacial score (nSPS) is 17.5. The maximum atomic E-state index is 14.2. The van der Waals surface area contributed by atoms with E-state index in [0.717, 1.165) is 53.1 Å². The summed E-state index contributed by atoms with van der Waals surface area (Å²) >= 11 is 1.41. The molecule has 0 unspecified atom stereocenters. The van der Waals surface area contributed by atoms with E-state index in [1.165, 1.54) is 23.6 Å². The van der Waals surface area contributed by atoms with E-state index < -0.39 is 15.7 Å². The van der Waals surface area contributed by atoms with Gasteiger partial charge in [-0.1, -0.05) is 13.8 Å². The Kier molecular flexibility index (Phi) is 8.69. The predicted molar refractivity (Wildman–Crippen MR) is 179 cm³/mol. The topological polar surface area (TPSA) is 157 Å². The maximum absolute atomic E-state index is 14.2. The lowest BCUT2D eigenvalue weighted by molar-refractivity contribution is 0.0639. The van der Waals surface area contributed by atoms with Gasteiger partial charge in [0.15, 0.2) is 21.3 Å². The van der Waals surface area contributed by atoms with Crippen LogP contribution in [0.3, 0.4) is 0 Å². The minimum Gasteiger partial charge on any atom is -0.421 e. The number of fused-ring (bicyclic) bond motifs is 2. The number of hydrogen-bond donors (Lipinski definition) is 1. The SMILES string of the molecule is Cc1nnc(-c2c(CCC3CCOCC3)nc3c(c2-c2cc4ccnc(NCc5cnc(C#N)c(F)c5)c4s2)S(=O)(=O)C[C@H]3C(C)C)o1. The van der Waals surface area contributed by atoms with E-state index >= 15 is 0 Å². The fraction of sp³-hybridized carbons (Fsp3) is 0.412. The summed E-state index contributed by atoms with van der Waals surface area (Å²) in [6.07, 6.45) is 6.57. The van der Waals surface area contributed by atoms with Crippen molar-refractivity contribution in [2.75, 3.05) is 24.3 Å². The minimum atomic E-state index is -3.72. The lowest BCUT2D eigenvalue weighted by Gasteiger charge is -2.23. The average Bonchev–Trinajstić information content (AvgIpc) is 3.78. The van der Waals surface area contributed by atoms with Crippen LogP contribution in [0.2, 0.25) is 0 Å². The number of pyridine rings is 3. The van der Waals surface area contributed by atoms with Crippen molar-refractivity contribution in [2.45, 2.75) is 63.8 Å². The second kappa shape index (κ2) is 12.9. The molecule has 2 aliphatic heterocycles. The zero-order chi connectivity index (χ0) is 33.6. The Labute approximate surface area is 281 Å². The summed E-state index contributed by atoms with van der Waals surface area (Å²) in [7, 11) is -3.72. The molecule has 11 nitrogen and oxygen atoms in total. The van der Waals surface area contributed by atoms with Crippen LogP contribution >= 0.6 is 11.3 Å². The number of ether oxygens (including phenoxy) is 1. The smallest absolute Gasteiger partial charge is 0.250 e. The monoisotopic (exact) mass is 687 g/mol. The Morgan fingerprint density at radius 2 is 1.98 bits per heavy atom. The van der Waals surface area contributed by atoms with Gasteiger partial charge in [-0.3, -0.25) is 4.98 Å². The van der Waals surface area contributed by atoms with Gasteiger partial charge in [0.05, 0.1) is 32.3 Å². The van der Waals surface area contributed by atoms with Crippen LogP contribution in [0.4, 0.5) is 10.2 Å². The number of rotatable bonds is 9. The fourth-order valence-electron chi connectivity index (χ4n) is 6.59. The molecule has 0 bridgehead atoms. The van der Waals surface area contributed by atoms with Crippen molar-refractivity contribution in [1.29, 1.82) is 5.26 Å². The molecule has 1 N–H and O–H groups in total. The van der Waals surface area contributed by atoms with Gasteiger partial charge in [-0.05, 0) is 66.7 Å². The van der Waals surface area contributed by atoms with Crippen LogP contribution in [0.1, 0.15) is 67.6 Å². The highest BCUT2D eigenvalue weighted by Crippen LogP contribution is 2.51. The van der Waals surface area contributed by atoms with Crippen molar-refractivity contribution < 1.29 is 22.0 Å². The van der Waals surface area contributed by atoms with Crippen molar-refractivity contribution in [3.05, 3.63) is 64.9 Å². The molecule has 5 aromatic heterocycles. The molecule has 0 saturated carbocycles. The zero-order valence-electron chi connectivity index (χ0n) is 26.8. The number of nitrogens with zero attached hydrogens (tertiary/aromatic N) is 6. The predicted octanol–water partition coefficient (Wildman–Crippen LogP) is 6.62. The van der Waals surface area contributed by atoms with Crippen LogP contribution in [0.5, 0.6) is 0 Å². The molecule has 48 heavy (non-hydrogen) atoms. The number of aryl methyl sites for hydroxylation is 2. The number of thiophene rings is 1. The molecule has 0 aliphatic carbocycles. The number of nitrogens with one attached hydrogen (secondary N) is 1. The molecule has 0 aromatic carbocycles. The highest BCUT2D eigenvalue weighted by molar-refractivity contribution is 7.92. The van der Waals surface area contributed by atoms with Crippen molar-refractivity contribution >= 4 is 37.1 Å². The van der Waals surface area contributed by atoms with Crippen molar-refractivity contribution in [2.24, 2.45) is 11.8 Å². The summed E-state index contributed by atoms with van der Waals surface area (Å²) in [5.74, 6) is 0.747. The molecule has 2 aliphatic rings. The van der Waals surface area contributed by atoms with Gasteiger partial charge in [-0.2, -0.15) is 5.26 Å². The molecular formula is C34H34FN7O4S2. The lowest BCUT2D eigenvalue weighted by Crippen LogP contribution is -2.17. The van der Waals surface area contributed by atoms with Crippen molar-refractivity contribution in [1.82, 2.24) is 25.1 Å². The van der Waals surface area contributed by atoms with E-state index in [-0.39, 0.29) is 40.6 Å². The molecule has 1 saturated heterocycles. The summed E-state index contributed by atoms with van der Waals surface area (Å²) in [5.41, 5.74) is 2.74. The van der Waals surface area contributed by atoms with Gasteiger partial charge < -0.3 is 14.5 Å². The maximum Gasteiger partial charge on any atom is 0.250 e.